The molecule has 0 saturated heterocycles. The minimum absolute atomic E-state index is 0.0360. The minimum Gasteiger partial charge on any atom is -0.293 e. The van der Waals surface area contributed by atoms with E-state index >= 15 is 0 Å². The molecule has 4 heteroatoms. The lowest BCUT2D eigenvalue weighted by atomic mass is 9.88. The molecule has 0 aliphatic rings. The number of Topliss-reactive ketones (excluding diaryl/α,β-unsaturated/α-hetero) is 1. The third-order valence-electron chi connectivity index (χ3n) is 2.23. The van der Waals surface area contributed by atoms with Crippen LogP contribution >= 0.6 is 27.5 Å². The maximum absolute atomic E-state index is 12.2. The summed E-state index contributed by atoms with van der Waals surface area (Å²) in [5.74, 6) is 0.146. The highest BCUT2D eigenvalue weighted by molar-refractivity contribution is 9.10. The van der Waals surface area contributed by atoms with Gasteiger partial charge in [0.15, 0.2) is 5.78 Å². The Morgan fingerprint density at radius 2 is 1.69 bits per heavy atom. The van der Waals surface area contributed by atoms with Gasteiger partial charge in [-0.15, -0.1) is 0 Å². The molecule has 0 bridgehead atoms. The highest BCUT2D eigenvalue weighted by Gasteiger charge is 2.31. The van der Waals surface area contributed by atoms with Crippen molar-refractivity contribution < 1.29 is 4.79 Å². The summed E-state index contributed by atoms with van der Waals surface area (Å²) in [6.45, 7) is 12.1. The van der Waals surface area contributed by atoms with Crippen molar-refractivity contribution in [3.05, 3.63) is 15.0 Å². The van der Waals surface area contributed by atoms with E-state index in [-0.39, 0.29) is 16.6 Å². The van der Waals surface area contributed by atoms with Gasteiger partial charge in [-0.2, -0.15) is 4.37 Å². The summed E-state index contributed by atoms with van der Waals surface area (Å²) in [6, 6.07) is 0. The quantitative estimate of drug-likeness (QED) is 0.718. The van der Waals surface area contributed by atoms with Gasteiger partial charge in [0.05, 0.1) is 10.2 Å². The molecule has 0 amide bonds. The molecule has 0 aliphatic heterocycles. The first kappa shape index (κ1) is 13.8. The maximum atomic E-state index is 12.2. The zero-order valence-corrected chi connectivity index (χ0v) is 13.0. The van der Waals surface area contributed by atoms with Crippen LogP contribution in [0.5, 0.6) is 0 Å². The van der Waals surface area contributed by atoms with Crippen LogP contribution in [0, 0.1) is 5.41 Å². The van der Waals surface area contributed by atoms with Crippen molar-refractivity contribution in [2.24, 2.45) is 5.41 Å². The zero-order chi connectivity index (χ0) is 12.7. The summed E-state index contributed by atoms with van der Waals surface area (Å²) < 4.78 is 5.26. The molecule has 0 N–H and O–H groups in total. The number of hydrogen-bond donors (Lipinski definition) is 0. The van der Waals surface area contributed by atoms with Crippen LogP contribution in [0.4, 0.5) is 0 Å². The van der Waals surface area contributed by atoms with Crippen LogP contribution in [0.2, 0.25) is 0 Å². The van der Waals surface area contributed by atoms with Crippen molar-refractivity contribution in [1.82, 2.24) is 4.37 Å². The van der Waals surface area contributed by atoms with Gasteiger partial charge >= 0.3 is 0 Å². The molecule has 0 saturated carbocycles. The monoisotopic (exact) mass is 303 g/mol. The van der Waals surface area contributed by atoms with Crippen molar-refractivity contribution in [2.45, 2.75) is 47.0 Å². The molecule has 1 rings (SSSR count). The highest BCUT2D eigenvalue weighted by atomic mass is 79.9. The fourth-order valence-electron chi connectivity index (χ4n) is 1.23. The van der Waals surface area contributed by atoms with Crippen molar-refractivity contribution in [2.75, 3.05) is 0 Å². The second-order valence-electron chi connectivity index (χ2n) is 6.00. The first-order chi connectivity index (χ1) is 7.05. The summed E-state index contributed by atoms with van der Waals surface area (Å²) >= 11 is 4.80. The summed E-state index contributed by atoms with van der Waals surface area (Å²) in [6.07, 6.45) is 0. The molecule has 2 nitrogen and oxygen atoms in total. The van der Waals surface area contributed by atoms with Crippen LogP contribution in [0.3, 0.4) is 0 Å². The van der Waals surface area contributed by atoms with Gasteiger partial charge in [0.2, 0.25) is 0 Å². The average molecular weight is 304 g/mol. The second-order valence-corrected chi connectivity index (χ2v) is 7.57. The van der Waals surface area contributed by atoms with E-state index in [1.165, 1.54) is 11.5 Å². The van der Waals surface area contributed by atoms with Gasteiger partial charge in [-0.3, -0.25) is 4.79 Å². The Labute approximate surface area is 110 Å². The molecule has 0 aliphatic carbocycles. The lowest BCUT2D eigenvalue weighted by molar-refractivity contribution is 0.0862. The highest BCUT2D eigenvalue weighted by Crippen LogP contribution is 2.36. The molecule has 0 aromatic carbocycles. The van der Waals surface area contributed by atoms with Crippen LogP contribution in [0.15, 0.2) is 4.47 Å². The van der Waals surface area contributed by atoms with E-state index in [4.69, 9.17) is 0 Å². The number of halogens is 1. The van der Waals surface area contributed by atoms with E-state index in [1.807, 2.05) is 20.8 Å². The predicted molar refractivity (Wildman–Crippen MR) is 72.3 cm³/mol. The van der Waals surface area contributed by atoms with Gasteiger partial charge < -0.3 is 0 Å². The molecular formula is C12H18BrNOS. The molecule has 90 valence electrons. The molecule has 1 aromatic rings. The number of carbonyl (C=O) groups is 1. The molecule has 1 aromatic heterocycles. The number of ketones is 1. The van der Waals surface area contributed by atoms with Gasteiger partial charge in [0.25, 0.3) is 0 Å². The van der Waals surface area contributed by atoms with Crippen molar-refractivity contribution in [1.29, 1.82) is 0 Å². The van der Waals surface area contributed by atoms with E-state index < -0.39 is 0 Å². The molecule has 0 spiro atoms. The number of rotatable bonds is 1. The topological polar surface area (TPSA) is 30.0 Å². The fourth-order valence-corrected chi connectivity index (χ4v) is 3.54. The summed E-state index contributed by atoms with van der Waals surface area (Å²) in [5, 5.41) is 0. The lowest BCUT2D eigenvalue weighted by Crippen LogP contribution is -2.20. The van der Waals surface area contributed by atoms with Gasteiger partial charge in [0.1, 0.15) is 4.88 Å². The largest absolute Gasteiger partial charge is 0.293 e. The van der Waals surface area contributed by atoms with Crippen LogP contribution in [-0.2, 0) is 5.41 Å². The molecule has 0 fully saturated rings. The van der Waals surface area contributed by atoms with Crippen molar-refractivity contribution in [3.8, 4) is 0 Å². The van der Waals surface area contributed by atoms with Gasteiger partial charge in [-0.1, -0.05) is 41.5 Å². The Bertz CT molecular complexity index is 410. The van der Waals surface area contributed by atoms with E-state index in [9.17, 15) is 4.79 Å². The maximum Gasteiger partial charge on any atom is 0.180 e. The molecule has 0 radical (unpaired) electrons. The molecule has 1 heterocycles. The van der Waals surface area contributed by atoms with E-state index in [1.54, 1.807) is 0 Å². The Morgan fingerprint density at radius 3 is 2.00 bits per heavy atom. The van der Waals surface area contributed by atoms with E-state index in [2.05, 4.69) is 41.1 Å². The van der Waals surface area contributed by atoms with Crippen LogP contribution < -0.4 is 0 Å². The number of nitrogens with zero attached hydrogens (tertiary/aromatic N) is 1. The second kappa shape index (κ2) is 4.22. The third-order valence-corrected chi connectivity index (χ3v) is 4.11. The minimum atomic E-state index is -0.357. The Hall–Kier alpha value is -0.220. The summed E-state index contributed by atoms with van der Waals surface area (Å²) in [4.78, 5) is 12.9. The Morgan fingerprint density at radius 1 is 1.19 bits per heavy atom. The normalized spacial score (nSPS) is 12.9. The average Bonchev–Trinajstić information content (AvgIpc) is 2.42. The summed E-state index contributed by atoms with van der Waals surface area (Å²) in [5.41, 5.74) is 0.570. The first-order valence-electron chi connectivity index (χ1n) is 5.25. The predicted octanol–water partition coefficient (Wildman–Crippen LogP) is 4.43. The SMILES string of the molecule is CC(C)(C)C(=O)c1snc(C(C)(C)C)c1Br. The standard InChI is InChI=1S/C12H18BrNOS/c1-11(2,3)9-7(13)8(16-14-9)10(15)12(4,5)6/h1-6H3. The molecule has 0 unspecified atom stereocenters. The van der Waals surface area contributed by atoms with Gasteiger partial charge in [-0.25, -0.2) is 0 Å². The summed E-state index contributed by atoms with van der Waals surface area (Å²) in [7, 11) is 0. The van der Waals surface area contributed by atoms with Gasteiger partial charge in [-0.05, 0) is 27.5 Å². The fraction of sp³-hybridized carbons (Fsp3) is 0.667. The zero-order valence-electron chi connectivity index (χ0n) is 10.6. The Balaban J connectivity index is 3.21. The number of hydrogen-bond acceptors (Lipinski definition) is 3. The van der Waals surface area contributed by atoms with E-state index in [0.717, 1.165) is 15.0 Å². The molecular weight excluding hydrogens is 286 g/mol. The molecule has 0 atom stereocenters. The van der Waals surface area contributed by atoms with Crippen LogP contribution in [-0.4, -0.2) is 10.2 Å². The number of aromatic nitrogens is 1. The first-order valence-corrected chi connectivity index (χ1v) is 6.82. The third kappa shape index (κ3) is 2.72. The van der Waals surface area contributed by atoms with Crippen LogP contribution in [0.1, 0.15) is 56.9 Å². The molecule has 16 heavy (non-hydrogen) atoms. The van der Waals surface area contributed by atoms with Crippen LogP contribution in [0.25, 0.3) is 0 Å². The van der Waals surface area contributed by atoms with E-state index in [0.29, 0.717) is 0 Å². The van der Waals surface area contributed by atoms with Crippen molar-refractivity contribution >= 4 is 33.2 Å². The Kier molecular flexibility index (Phi) is 3.65. The van der Waals surface area contributed by atoms with Gasteiger partial charge in [0, 0.05) is 10.8 Å². The lowest BCUT2D eigenvalue weighted by Gasteiger charge is -2.17. The smallest absolute Gasteiger partial charge is 0.180 e. The number of carbonyl (C=O) groups excluding carboxylic acids is 1. The van der Waals surface area contributed by atoms with Crippen molar-refractivity contribution in [3.63, 3.8) is 0 Å².